The van der Waals surface area contributed by atoms with Crippen LogP contribution in [0.1, 0.15) is 82.6 Å². The van der Waals surface area contributed by atoms with Crippen molar-refractivity contribution in [2.75, 3.05) is 6.61 Å². The lowest BCUT2D eigenvalue weighted by atomic mass is 9.96. The Bertz CT molecular complexity index is 614. The predicted molar refractivity (Wildman–Crippen MR) is 119 cm³/mol. The molecule has 0 aromatic rings. The van der Waals surface area contributed by atoms with Crippen LogP contribution in [0.2, 0.25) is 16.6 Å². The fraction of sp³-hybridized carbons (Fsp3) is 0.870. The van der Waals surface area contributed by atoms with Crippen molar-refractivity contribution in [3.05, 3.63) is 0 Å². The average Bonchev–Trinajstić information content (AvgIpc) is 2.81. The third-order valence-electron chi connectivity index (χ3n) is 5.74. The molecule has 1 rings (SSSR count). The van der Waals surface area contributed by atoms with Crippen molar-refractivity contribution in [1.29, 1.82) is 0 Å². The number of aliphatic hydroxyl groups excluding tert-OH is 1. The number of hydrogen-bond acceptors (Lipinski definition) is 5. The Labute approximate surface area is 178 Å². The number of aliphatic hydroxyl groups is 1. The Balaban J connectivity index is 3.34. The van der Waals surface area contributed by atoms with Gasteiger partial charge >= 0.3 is 5.97 Å². The zero-order chi connectivity index (χ0) is 22.8. The Kier molecular flexibility index (Phi) is 8.20. The molecule has 5 nitrogen and oxygen atoms in total. The molecular weight excluding hydrogens is 384 g/mol. The lowest BCUT2D eigenvalue weighted by molar-refractivity contribution is -0.177. The highest BCUT2D eigenvalue weighted by Crippen LogP contribution is 2.42. The summed E-state index contributed by atoms with van der Waals surface area (Å²) in [6.45, 7) is 22.6. The second kappa shape index (κ2) is 9.09. The van der Waals surface area contributed by atoms with E-state index < -0.39 is 37.1 Å². The summed E-state index contributed by atoms with van der Waals surface area (Å²) in [5.41, 5.74) is 3.12. The van der Waals surface area contributed by atoms with Gasteiger partial charge in [-0.15, -0.1) is 5.54 Å². The number of esters is 1. The quantitative estimate of drug-likeness (QED) is 0.375. The van der Waals surface area contributed by atoms with Gasteiger partial charge in [-0.05, 0) is 51.2 Å². The van der Waals surface area contributed by atoms with Crippen LogP contribution < -0.4 is 0 Å². The summed E-state index contributed by atoms with van der Waals surface area (Å²) >= 11 is 0. The van der Waals surface area contributed by atoms with E-state index in [2.05, 4.69) is 53.0 Å². The van der Waals surface area contributed by atoms with Crippen LogP contribution in [0.5, 0.6) is 0 Å². The fourth-order valence-corrected chi connectivity index (χ4v) is 9.73. The summed E-state index contributed by atoms with van der Waals surface area (Å²) in [5.74, 6) is 1.96. The molecule has 2 atom stereocenters. The van der Waals surface area contributed by atoms with Crippen molar-refractivity contribution in [2.45, 2.75) is 122 Å². The molecule has 1 aliphatic heterocycles. The summed E-state index contributed by atoms with van der Waals surface area (Å²) < 4.78 is 17.3. The molecular formula is C23H42O5Si. The fourth-order valence-electron chi connectivity index (χ4n) is 4.44. The van der Waals surface area contributed by atoms with E-state index in [9.17, 15) is 9.90 Å². The maximum absolute atomic E-state index is 12.3. The minimum Gasteiger partial charge on any atom is -0.460 e. The highest BCUT2D eigenvalue weighted by atomic mass is 28.3. The van der Waals surface area contributed by atoms with Crippen molar-refractivity contribution in [3.8, 4) is 11.5 Å². The smallest absolute Gasteiger partial charge is 0.309 e. The van der Waals surface area contributed by atoms with Crippen molar-refractivity contribution in [1.82, 2.24) is 0 Å². The molecule has 0 saturated carbocycles. The summed E-state index contributed by atoms with van der Waals surface area (Å²) in [6.07, 6.45) is -1.32. The first kappa shape index (κ1) is 26.2. The van der Waals surface area contributed by atoms with E-state index in [0.717, 1.165) is 0 Å². The highest BCUT2D eigenvalue weighted by molar-refractivity contribution is 6.90. The SMILES string of the molecule is CC(C)[Si](C#C[C@]1([C@@H](O)CC(=O)OC(C)(C)C)COC(C)(C)O1)(C(C)C)C(C)C. The van der Waals surface area contributed by atoms with Crippen molar-refractivity contribution >= 4 is 14.0 Å². The zero-order valence-corrected chi connectivity index (χ0v) is 21.3. The topological polar surface area (TPSA) is 65.0 Å². The van der Waals surface area contributed by atoms with E-state index in [-0.39, 0.29) is 13.0 Å². The molecule has 0 aromatic carbocycles. The molecule has 6 heteroatoms. The number of carbonyl (C=O) groups excluding carboxylic acids is 1. The zero-order valence-electron chi connectivity index (χ0n) is 20.3. The van der Waals surface area contributed by atoms with Crippen LogP contribution in [0.4, 0.5) is 0 Å². The predicted octanol–water partition coefficient (Wildman–Crippen LogP) is 4.82. The van der Waals surface area contributed by atoms with Gasteiger partial charge in [-0.3, -0.25) is 4.79 Å². The van der Waals surface area contributed by atoms with Crippen LogP contribution in [-0.2, 0) is 19.0 Å². The lowest BCUT2D eigenvalue weighted by Crippen LogP contribution is -2.48. The molecule has 0 aromatic heterocycles. The second-order valence-corrected chi connectivity index (χ2v) is 16.2. The largest absolute Gasteiger partial charge is 0.460 e. The van der Waals surface area contributed by atoms with Crippen LogP contribution in [0, 0.1) is 11.5 Å². The average molecular weight is 427 g/mol. The van der Waals surface area contributed by atoms with Crippen LogP contribution in [0.3, 0.4) is 0 Å². The molecule has 1 heterocycles. The molecule has 1 aliphatic rings. The lowest BCUT2D eigenvalue weighted by Gasteiger charge is -2.39. The van der Waals surface area contributed by atoms with Gasteiger partial charge in [-0.2, -0.15) is 0 Å². The Morgan fingerprint density at radius 3 is 1.93 bits per heavy atom. The normalized spacial score (nSPS) is 23.3. The standard InChI is InChI=1S/C23H42O5Si/c1-16(2)29(17(3)4,18(5)6)13-12-23(15-26-22(10,11)28-23)19(24)14-20(25)27-21(7,8)9/h16-19,24H,14-15H2,1-11H3/t19-,23+/m0/s1. The Hall–Kier alpha value is -0.873. The van der Waals surface area contributed by atoms with E-state index in [1.54, 1.807) is 34.6 Å². The van der Waals surface area contributed by atoms with Crippen molar-refractivity contribution in [3.63, 3.8) is 0 Å². The first-order valence-corrected chi connectivity index (χ1v) is 13.0. The molecule has 29 heavy (non-hydrogen) atoms. The Morgan fingerprint density at radius 1 is 1.10 bits per heavy atom. The maximum atomic E-state index is 12.3. The molecule has 1 N–H and O–H groups in total. The van der Waals surface area contributed by atoms with Gasteiger partial charge in [0.1, 0.15) is 19.8 Å². The van der Waals surface area contributed by atoms with E-state index in [1.807, 2.05) is 0 Å². The van der Waals surface area contributed by atoms with Gasteiger partial charge in [0, 0.05) is 0 Å². The summed E-state index contributed by atoms with van der Waals surface area (Å²) in [6, 6.07) is 0. The van der Waals surface area contributed by atoms with Crippen LogP contribution >= 0.6 is 0 Å². The molecule has 0 spiro atoms. The maximum Gasteiger partial charge on any atom is 0.309 e. The van der Waals surface area contributed by atoms with E-state index >= 15 is 0 Å². The van der Waals surface area contributed by atoms with Gasteiger partial charge in [0.25, 0.3) is 0 Å². The molecule has 0 unspecified atom stereocenters. The summed E-state index contributed by atoms with van der Waals surface area (Å²) in [7, 11) is -2.04. The Morgan fingerprint density at radius 2 is 1.59 bits per heavy atom. The van der Waals surface area contributed by atoms with Gasteiger partial charge < -0.3 is 19.3 Å². The van der Waals surface area contributed by atoms with Crippen LogP contribution in [-0.4, -0.2) is 48.8 Å². The first-order valence-electron chi connectivity index (χ1n) is 10.8. The summed E-state index contributed by atoms with van der Waals surface area (Å²) in [5, 5.41) is 11.0. The van der Waals surface area contributed by atoms with E-state index in [4.69, 9.17) is 14.2 Å². The molecule has 0 bridgehead atoms. The first-order chi connectivity index (χ1) is 13.0. The molecule has 0 radical (unpaired) electrons. The van der Waals surface area contributed by atoms with Crippen LogP contribution in [0.25, 0.3) is 0 Å². The van der Waals surface area contributed by atoms with Crippen molar-refractivity contribution < 1.29 is 24.1 Å². The van der Waals surface area contributed by atoms with E-state index in [0.29, 0.717) is 16.6 Å². The molecule has 1 fully saturated rings. The van der Waals surface area contributed by atoms with E-state index in [1.165, 1.54) is 0 Å². The minimum atomic E-state index is -2.04. The number of rotatable bonds is 6. The minimum absolute atomic E-state index is 0.121. The second-order valence-electron chi connectivity index (χ2n) is 10.6. The molecule has 0 amide bonds. The summed E-state index contributed by atoms with van der Waals surface area (Å²) in [4.78, 5) is 12.3. The molecule has 0 aliphatic carbocycles. The molecule has 168 valence electrons. The van der Waals surface area contributed by atoms with Crippen molar-refractivity contribution in [2.24, 2.45) is 0 Å². The number of hydrogen-bond donors (Lipinski definition) is 1. The molecule has 1 saturated heterocycles. The highest BCUT2D eigenvalue weighted by Gasteiger charge is 2.51. The van der Waals surface area contributed by atoms with Gasteiger partial charge in [-0.25, -0.2) is 0 Å². The van der Waals surface area contributed by atoms with Gasteiger partial charge in [0.2, 0.25) is 0 Å². The van der Waals surface area contributed by atoms with Crippen LogP contribution in [0.15, 0.2) is 0 Å². The third-order valence-corrected chi connectivity index (χ3v) is 12.0. The van der Waals surface area contributed by atoms with Gasteiger partial charge in [-0.1, -0.05) is 47.5 Å². The van der Waals surface area contributed by atoms with Gasteiger partial charge in [0.15, 0.2) is 11.4 Å². The van der Waals surface area contributed by atoms with Gasteiger partial charge in [0.05, 0.1) is 13.0 Å². The number of carbonyl (C=O) groups is 1. The monoisotopic (exact) mass is 426 g/mol. The number of ether oxygens (including phenoxy) is 3. The third kappa shape index (κ3) is 6.30.